The highest BCUT2D eigenvalue weighted by molar-refractivity contribution is 5.83. The third-order valence-corrected chi connectivity index (χ3v) is 1.84. The fourth-order valence-corrected chi connectivity index (χ4v) is 1.21. The van der Waals surface area contributed by atoms with E-state index in [1.54, 1.807) is 12.5 Å². The monoisotopic (exact) mass is 191 g/mol. The lowest BCUT2D eigenvalue weighted by Crippen LogP contribution is -2.14. The van der Waals surface area contributed by atoms with E-state index in [0.717, 1.165) is 11.1 Å². The van der Waals surface area contributed by atoms with Crippen molar-refractivity contribution in [3.05, 3.63) is 24.2 Å². The molecule has 0 radical (unpaired) electrons. The Balaban J connectivity index is 2.34. The highest BCUT2D eigenvalue weighted by Gasteiger charge is 2.01. The van der Waals surface area contributed by atoms with E-state index < -0.39 is 0 Å². The van der Waals surface area contributed by atoms with Gasteiger partial charge in [0.15, 0.2) is 5.65 Å². The van der Waals surface area contributed by atoms with Crippen LogP contribution in [0.25, 0.3) is 11.2 Å². The Morgan fingerprint density at radius 2 is 2.43 bits per heavy atom. The second-order valence-corrected chi connectivity index (χ2v) is 2.89. The maximum Gasteiger partial charge on any atom is 0.177 e. The number of fused-ring (bicyclic) bond motifs is 1. The van der Waals surface area contributed by atoms with Crippen molar-refractivity contribution in [3.8, 4) is 0 Å². The third kappa shape index (κ3) is 1.49. The quantitative estimate of drug-likeness (QED) is 0.274. The zero-order valence-electron chi connectivity index (χ0n) is 7.31. The van der Waals surface area contributed by atoms with Gasteiger partial charge in [-0.2, -0.15) is 0 Å². The van der Waals surface area contributed by atoms with Crippen LogP contribution in [0.2, 0.25) is 0 Å². The number of imidazole rings is 1. The minimum absolute atomic E-state index is 0.158. The average molecular weight is 191 g/mol. The standard InChI is InChI=1S/C8H9N5O/c9-7(13-14)2-5-1-6-8(10-3-5)12-4-11-6/h1,3-4,14H,2H2,(H2,9,13)(H,10,11,12). The smallest absolute Gasteiger partial charge is 0.177 e. The number of aromatic nitrogens is 3. The normalized spacial score (nSPS) is 12.1. The average Bonchev–Trinajstić information content (AvgIpc) is 2.64. The summed E-state index contributed by atoms with van der Waals surface area (Å²) in [6.45, 7) is 0. The van der Waals surface area contributed by atoms with Gasteiger partial charge in [-0.25, -0.2) is 9.97 Å². The van der Waals surface area contributed by atoms with Crippen molar-refractivity contribution < 1.29 is 5.21 Å². The zero-order valence-corrected chi connectivity index (χ0v) is 7.31. The van der Waals surface area contributed by atoms with Gasteiger partial charge < -0.3 is 15.9 Å². The lowest BCUT2D eigenvalue weighted by atomic mass is 10.2. The number of nitrogens with zero attached hydrogens (tertiary/aromatic N) is 3. The summed E-state index contributed by atoms with van der Waals surface area (Å²) in [6, 6.07) is 1.87. The molecule has 0 saturated carbocycles. The summed E-state index contributed by atoms with van der Waals surface area (Å²) in [7, 11) is 0. The number of hydrogen-bond acceptors (Lipinski definition) is 4. The molecule has 2 aromatic heterocycles. The number of oxime groups is 1. The van der Waals surface area contributed by atoms with E-state index in [1.165, 1.54) is 0 Å². The fourth-order valence-electron chi connectivity index (χ4n) is 1.21. The van der Waals surface area contributed by atoms with Crippen LogP contribution in [-0.4, -0.2) is 26.0 Å². The van der Waals surface area contributed by atoms with Gasteiger partial charge in [0.05, 0.1) is 11.8 Å². The first kappa shape index (κ1) is 8.49. The van der Waals surface area contributed by atoms with Crippen molar-refractivity contribution >= 4 is 17.0 Å². The molecule has 4 N–H and O–H groups in total. The van der Waals surface area contributed by atoms with Gasteiger partial charge in [-0.3, -0.25) is 0 Å². The van der Waals surface area contributed by atoms with Crippen molar-refractivity contribution in [2.45, 2.75) is 6.42 Å². The number of H-pyrrole nitrogens is 1. The Hall–Kier alpha value is -2.11. The Morgan fingerprint density at radius 3 is 3.21 bits per heavy atom. The molecule has 14 heavy (non-hydrogen) atoms. The predicted molar refractivity (Wildman–Crippen MR) is 51.0 cm³/mol. The molecular formula is C8H9N5O. The molecule has 0 unspecified atom stereocenters. The molecule has 0 amide bonds. The van der Waals surface area contributed by atoms with Crippen LogP contribution in [0.1, 0.15) is 5.56 Å². The first-order valence-electron chi connectivity index (χ1n) is 4.04. The van der Waals surface area contributed by atoms with Crippen molar-refractivity contribution in [1.29, 1.82) is 0 Å². The number of aromatic amines is 1. The van der Waals surface area contributed by atoms with Crippen molar-refractivity contribution in [2.24, 2.45) is 10.9 Å². The van der Waals surface area contributed by atoms with E-state index in [2.05, 4.69) is 20.1 Å². The summed E-state index contributed by atoms with van der Waals surface area (Å²) < 4.78 is 0. The number of amidine groups is 1. The van der Waals surface area contributed by atoms with Gasteiger partial charge in [0, 0.05) is 12.6 Å². The van der Waals surface area contributed by atoms with Crippen LogP contribution in [0.3, 0.4) is 0 Å². The molecule has 2 aromatic rings. The molecule has 6 nitrogen and oxygen atoms in total. The van der Waals surface area contributed by atoms with Crippen LogP contribution in [0.5, 0.6) is 0 Å². The number of nitrogens with one attached hydrogen (secondary N) is 1. The van der Waals surface area contributed by atoms with E-state index >= 15 is 0 Å². The van der Waals surface area contributed by atoms with Crippen molar-refractivity contribution in [1.82, 2.24) is 15.0 Å². The summed E-state index contributed by atoms with van der Waals surface area (Å²) in [6.07, 6.45) is 3.60. The molecule has 0 fully saturated rings. The van der Waals surface area contributed by atoms with Gasteiger partial charge in [-0.1, -0.05) is 5.16 Å². The minimum atomic E-state index is 0.158. The largest absolute Gasteiger partial charge is 0.409 e. The summed E-state index contributed by atoms with van der Waals surface area (Å²) in [5.41, 5.74) is 7.74. The van der Waals surface area contributed by atoms with Crippen LogP contribution in [0.15, 0.2) is 23.7 Å². The van der Waals surface area contributed by atoms with E-state index in [0.29, 0.717) is 12.1 Å². The fraction of sp³-hybridized carbons (Fsp3) is 0.125. The topological polar surface area (TPSA) is 100 Å². The molecule has 2 rings (SSSR count). The number of rotatable bonds is 2. The summed E-state index contributed by atoms with van der Waals surface area (Å²) in [4.78, 5) is 11.0. The number of nitrogens with two attached hydrogens (primary N) is 1. The SMILES string of the molecule is N/C(Cc1cnc2nc[nH]c2c1)=N\O. The van der Waals surface area contributed by atoms with Gasteiger partial charge in [-0.15, -0.1) is 0 Å². The molecule has 0 bridgehead atoms. The molecule has 0 aliphatic carbocycles. The number of pyridine rings is 1. The van der Waals surface area contributed by atoms with E-state index in [4.69, 9.17) is 10.9 Å². The zero-order chi connectivity index (χ0) is 9.97. The minimum Gasteiger partial charge on any atom is -0.409 e. The van der Waals surface area contributed by atoms with Gasteiger partial charge in [-0.05, 0) is 11.6 Å². The second kappa shape index (κ2) is 3.33. The van der Waals surface area contributed by atoms with Gasteiger partial charge >= 0.3 is 0 Å². The van der Waals surface area contributed by atoms with Crippen LogP contribution in [0, 0.1) is 0 Å². The van der Waals surface area contributed by atoms with E-state index in [-0.39, 0.29) is 5.84 Å². The lowest BCUT2D eigenvalue weighted by Gasteiger charge is -1.98. The highest BCUT2D eigenvalue weighted by atomic mass is 16.4. The molecule has 6 heteroatoms. The number of hydrogen-bond donors (Lipinski definition) is 3. The Morgan fingerprint density at radius 1 is 1.57 bits per heavy atom. The third-order valence-electron chi connectivity index (χ3n) is 1.84. The van der Waals surface area contributed by atoms with Crippen LogP contribution in [-0.2, 0) is 6.42 Å². The summed E-state index contributed by atoms with van der Waals surface area (Å²) >= 11 is 0. The Bertz CT molecular complexity index is 475. The van der Waals surface area contributed by atoms with Crippen LogP contribution < -0.4 is 5.73 Å². The lowest BCUT2D eigenvalue weighted by molar-refractivity contribution is 0.317. The first-order chi connectivity index (χ1) is 6.79. The van der Waals surface area contributed by atoms with Crippen molar-refractivity contribution in [3.63, 3.8) is 0 Å². The molecule has 2 heterocycles. The van der Waals surface area contributed by atoms with E-state index in [1.807, 2.05) is 6.07 Å². The highest BCUT2D eigenvalue weighted by Crippen LogP contribution is 2.08. The maximum atomic E-state index is 8.39. The van der Waals surface area contributed by atoms with Gasteiger partial charge in [0.2, 0.25) is 0 Å². The molecule has 0 aromatic carbocycles. The predicted octanol–water partition coefficient (Wildman–Crippen LogP) is 0.247. The first-order valence-corrected chi connectivity index (χ1v) is 4.04. The molecule has 0 aliphatic heterocycles. The summed E-state index contributed by atoms with van der Waals surface area (Å²) in [5, 5.41) is 11.3. The molecule has 0 spiro atoms. The molecule has 72 valence electrons. The van der Waals surface area contributed by atoms with E-state index in [9.17, 15) is 0 Å². The van der Waals surface area contributed by atoms with Crippen LogP contribution >= 0.6 is 0 Å². The molecular weight excluding hydrogens is 182 g/mol. The van der Waals surface area contributed by atoms with Crippen LogP contribution in [0.4, 0.5) is 0 Å². The van der Waals surface area contributed by atoms with Gasteiger partial charge in [0.25, 0.3) is 0 Å². The molecule has 0 atom stereocenters. The summed E-state index contributed by atoms with van der Waals surface area (Å²) in [5.74, 6) is 0.158. The Labute approximate surface area is 79.5 Å². The maximum absolute atomic E-state index is 8.39. The Kier molecular flexibility index (Phi) is 2.02. The van der Waals surface area contributed by atoms with Gasteiger partial charge in [0.1, 0.15) is 5.84 Å². The molecule has 0 saturated heterocycles. The van der Waals surface area contributed by atoms with Crippen molar-refractivity contribution in [2.75, 3.05) is 0 Å². The molecule has 0 aliphatic rings. The second-order valence-electron chi connectivity index (χ2n) is 2.89.